The number of hydrogen-bond donors (Lipinski definition) is 2. The lowest BCUT2D eigenvalue weighted by Gasteiger charge is -2.07. The Morgan fingerprint density at radius 3 is 2.84 bits per heavy atom. The number of phenols is 1. The number of methoxy groups -OCH3 is 1. The molecule has 3 rings (SSSR count). The van der Waals surface area contributed by atoms with Gasteiger partial charge in [-0.1, -0.05) is 12.1 Å². The minimum absolute atomic E-state index is 0.0317. The number of ether oxygens (including phenoxy) is 1. The number of rotatable bonds is 8. The Morgan fingerprint density at radius 2 is 2.13 bits per heavy atom. The smallest absolute Gasteiger partial charge is 0.278 e. The van der Waals surface area contributed by atoms with Crippen LogP contribution in [0.5, 0.6) is 5.75 Å². The van der Waals surface area contributed by atoms with Gasteiger partial charge in [0.15, 0.2) is 0 Å². The molecule has 0 unspecified atom stereocenters. The summed E-state index contributed by atoms with van der Waals surface area (Å²) in [7, 11) is 1.57. The molecule has 3 N–H and O–H groups in total. The second-order valence-electron chi connectivity index (χ2n) is 6.25. The van der Waals surface area contributed by atoms with Crippen LogP contribution in [0.4, 0.5) is 5.69 Å². The number of amides is 1. The second kappa shape index (κ2) is 9.78. The summed E-state index contributed by atoms with van der Waals surface area (Å²) < 4.78 is 6.54. The number of carbonyl (C=O) groups is 1. The first-order valence-electron chi connectivity index (χ1n) is 9.03. The third kappa shape index (κ3) is 5.02. The molecule has 0 atom stereocenters. The summed E-state index contributed by atoms with van der Waals surface area (Å²) >= 11 is 1.30. The van der Waals surface area contributed by atoms with Crippen LogP contribution in [0.3, 0.4) is 0 Å². The molecule has 0 fully saturated rings. The van der Waals surface area contributed by atoms with Crippen molar-refractivity contribution in [2.75, 3.05) is 20.3 Å². The van der Waals surface area contributed by atoms with E-state index >= 15 is 0 Å². The maximum absolute atomic E-state index is 11.6. The number of nitrogens with two attached hydrogens (primary N) is 1. The van der Waals surface area contributed by atoms with E-state index in [1.54, 1.807) is 36.8 Å². The topological polar surface area (TPSA) is 145 Å². The predicted molar refractivity (Wildman–Crippen MR) is 116 cm³/mol. The lowest BCUT2D eigenvalue weighted by molar-refractivity contribution is -0.385. The Kier molecular flexibility index (Phi) is 6.90. The number of aromatic nitrogens is 1. The molecule has 10 nitrogen and oxygen atoms in total. The molecule has 11 heteroatoms. The van der Waals surface area contributed by atoms with Gasteiger partial charge in [0.25, 0.3) is 11.6 Å². The zero-order valence-electron chi connectivity index (χ0n) is 16.5. The number of nitrogens with zero attached hydrogens (tertiary/aromatic N) is 4. The highest BCUT2D eigenvalue weighted by atomic mass is 32.1. The van der Waals surface area contributed by atoms with E-state index in [-0.39, 0.29) is 17.0 Å². The Morgan fingerprint density at radius 1 is 1.35 bits per heavy atom. The molecule has 0 bridgehead atoms. The Hall–Kier alpha value is -3.83. The van der Waals surface area contributed by atoms with Crippen molar-refractivity contribution in [3.05, 3.63) is 73.9 Å². The van der Waals surface area contributed by atoms with E-state index in [0.29, 0.717) is 34.8 Å². The van der Waals surface area contributed by atoms with Crippen molar-refractivity contribution in [1.29, 1.82) is 0 Å². The van der Waals surface area contributed by atoms with Crippen LogP contribution in [0.1, 0.15) is 15.9 Å². The van der Waals surface area contributed by atoms with Gasteiger partial charge in [0, 0.05) is 24.1 Å². The van der Waals surface area contributed by atoms with Crippen LogP contribution >= 0.6 is 11.3 Å². The van der Waals surface area contributed by atoms with Crippen LogP contribution < -0.4 is 10.5 Å². The maximum atomic E-state index is 11.6. The standard InChI is InChI=1S/C20H19N5O5S/c1-30-9-8-22-20-24(23-11-14-4-2-3-5-16(14)25(28)29)17(12-31-20)13-6-7-18(26)15(10-13)19(21)27/h2-7,10-12,26H,8-9H2,1H3,(H2,21,27)/b22-20?,23-11-. The Labute approximate surface area is 180 Å². The summed E-state index contributed by atoms with van der Waals surface area (Å²) in [6.07, 6.45) is 1.37. The summed E-state index contributed by atoms with van der Waals surface area (Å²) in [5.41, 5.74) is 6.68. The molecule has 31 heavy (non-hydrogen) atoms. The number of nitro groups is 1. The van der Waals surface area contributed by atoms with E-state index in [1.807, 2.05) is 0 Å². The molecule has 0 aliphatic rings. The molecule has 1 heterocycles. The van der Waals surface area contributed by atoms with Crippen molar-refractivity contribution in [2.24, 2.45) is 15.8 Å². The van der Waals surface area contributed by atoms with Gasteiger partial charge in [-0.2, -0.15) is 5.10 Å². The highest BCUT2D eigenvalue weighted by Gasteiger charge is 2.14. The van der Waals surface area contributed by atoms with E-state index in [4.69, 9.17) is 10.5 Å². The summed E-state index contributed by atoms with van der Waals surface area (Å²) in [6, 6.07) is 10.7. The van der Waals surface area contributed by atoms with Crippen molar-refractivity contribution in [3.8, 4) is 17.0 Å². The van der Waals surface area contributed by atoms with Gasteiger partial charge in [-0.3, -0.25) is 19.9 Å². The molecule has 0 saturated heterocycles. The first-order chi connectivity index (χ1) is 14.9. The average Bonchev–Trinajstić information content (AvgIpc) is 3.15. The number of para-hydroxylation sites is 1. The SMILES string of the molecule is COCCN=c1scc(-c2ccc(O)c(C(N)=O)c2)n1/N=C\c1ccccc1[N+](=O)[O-]. The molecule has 0 saturated carbocycles. The third-order valence-corrected chi connectivity index (χ3v) is 5.09. The normalized spacial score (nSPS) is 11.8. The number of benzene rings is 2. The lowest BCUT2D eigenvalue weighted by atomic mass is 10.1. The molecule has 0 spiro atoms. The zero-order chi connectivity index (χ0) is 22.4. The van der Waals surface area contributed by atoms with Crippen LogP contribution in [0.25, 0.3) is 11.3 Å². The Balaban J connectivity index is 2.13. The van der Waals surface area contributed by atoms with Crippen LogP contribution in [0.15, 0.2) is 57.9 Å². The van der Waals surface area contributed by atoms with Crippen molar-refractivity contribution in [2.45, 2.75) is 0 Å². The first-order valence-corrected chi connectivity index (χ1v) is 9.91. The fourth-order valence-electron chi connectivity index (χ4n) is 2.73. The molecule has 1 amide bonds. The molecule has 160 valence electrons. The molecule has 0 aliphatic carbocycles. The van der Waals surface area contributed by atoms with Crippen LogP contribution in [0.2, 0.25) is 0 Å². The van der Waals surface area contributed by atoms with Gasteiger partial charge in [0.2, 0.25) is 4.80 Å². The molecule has 2 aromatic carbocycles. The number of aromatic hydroxyl groups is 1. The predicted octanol–water partition coefficient (Wildman–Crippen LogP) is 2.36. The van der Waals surface area contributed by atoms with Crippen LogP contribution in [0, 0.1) is 10.1 Å². The number of hydrogen-bond acceptors (Lipinski definition) is 8. The molecular formula is C20H19N5O5S. The van der Waals surface area contributed by atoms with Crippen LogP contribution in [-0.4, -0.2) is 47.1 Å². The summed E-state index contributed by atoms with van der Waals surface area (Å²) in [5.74, 6) is -0.999. The van der Waals surface area contributed by atoms with Gasteiger partial charge in [-0.15, -0.1) is 11.3 Å². The maximum Gasteiger partial charge on any atom is 0.278 e. The zero-order valence-corrected chi connectivity index (χ0v) is 17.3. The van der Waals surface area contributed by atoms with Gasteiger partial charge in [0.1, 0.15) is 5.75 Å². The number of carbonyl (C=O) groups excluding carboxylic acids is 1. The summed E-state index contributed by atoms with van der Waals surface area (Å²) in [5, 5.41) is 27.4. The molecule has 3 aromatic rings. The van der Waals surface area contributed by atoms with Crippen molar-refractivity contribution >= 4 is 29.1 Å². The number of thiazole rings is 1. The summed E-state index contributed by atoms with van der Waals surface area (Å²) in [4.78, 5) is 27.4. The number of nitro benzene ring substituents is 1. The van der Waals surface area contributed by atoms with Gasteiger partial charge in [0.05, 0.1) is 41.1 Å². The van der Waals surface area contributed by atoms with Crippen molar-refractivity contribution in [3.63, 3.8) is 0 Å². The number of primary amides is 1. The Bertz CT molecular complexity index is 1210. The van der Waals surface area contributed by atoms with E-state index < -0.39 is 10.8 Å². The molecular weight excluding hydrogens is 422 g/mol. The minimum Gasteiger partial charge on any atom is -0.507 e. The van der Waals surface area contributed by atoms with E-state index in [9.17, 15) is 20.0 Å². The highest BCUT2D eigenvalue weighted by molar-refractivity contribution is 7.07. The largest absolute Gasteiger partial charge is 0.507 e. The monoisotopic (exact) mass is 441 g/mol. The fourth-order valence-corrected chi connectivity index (χ4v) is 3.59. The van der Waals surface area contributed by atoms with E-state index in [0.717, 1.165) is 0 Å². The van der Waals surface area contributed by atoms with Crippen molar-refractivity contribution in [1.82, 2.24) is 4.68 Å². The van der Waals surface area contributed by atoms with Crippen LogP contribution in [-0.2, 0) is 4.74 Å². The van der Waals surface area contributed by atoms with Gasteiger partial charge in [-0.05, 0) is 24.3 Å². The minimum atomic E-state index is -0.769. The lowest BCUT2D eigenvalue weighted by Crippen LogP contribution is -2.14. The molecule has 0 aliphatic heterocycles. The molecule has 1 aromatic heterocycles. The van der Waals surface area contributed by atoms with E-state index in [2.05, 4.69) is 10.1 Å². The first kappa shape index (κ1) is 21.9. The highest BCUT2D eigenvalue weighted by Crippen LogP contribution is 2.26. The van der Waals surface area contributed by atoms with Gasteiger partial charge in [-0.25, -0.2) is 4.68 Å². The second-order valence-corrected chi connectivity index (χ2v) is 7.08. The fraction of sp³-hybridized carbons (Fsp3) is 0.150. The van der Waals surface area contributed by atoms with E-state index in [1.165, 1.54) is 40.4 Å². The van der Waals surface area contributed by atoms with Gasteiger partial charge >= 0.3 is 0 Å². The summed E-state index contributed by atoms with van der Waals surface area (Å²) in [6.45, 7) is 0.797. The van der Waals surface area contributed by atoms with Crippen molar-refractivity contribution < 1.29 is 19.6 Å². The molecule has 0 radical (unpaired) electrons. The van der Waals surface area contributed by atoms with Gasteiger partial charge < -0.3 is 15.6 Å². The third-order valence-electron chi connectivity index (χ3n) is 4.23. The quantitative estimate of drug-likeness (QED) is 0.238. The average molecular weight is 441 g/mol.